The van der Waals surface area contributed by atoms with Crippen molar-refractivity contribution in [2.75, 3.05) is 13.1 Å². The average Bonchev–Trinajstić information content (AvgIpc) is 2.28. The Bertz CT molecular complexity index is 408. The summed E-state index contributed by atoms with van der Waals surface area (Å²) in [6, 6.07) is -0.0198. The SMILES string of the molecule is CC(C)C(CNS(=O)(=O)N1CCCCC1C)C(=O)O. The number of hydrogen-bond donors (Lipinski definition) is 2. The predicted molar refractivity (Wildman–Crippen MR) is 72.9 cm³/mol. The van der Waals surface area contributed by atoms with E-state index in [1.54, 1.807) is 13.8 Å². The molecule has 1 fully saturated rings. The van der Waals surface area contributed by atoms with Crippen LogP contribution in [0.3, 0.4) is 0 Å². The first-order chi connectivity index (χ1) is 8.75. The van der Waals surface area contributed by atoms with Gasteiger partial charge in [0.25, 0.3) is 10.2 Å². The number of aliphatic carboxylic acids is 1. The van der Waals surface area contributed by atoms with E-state index in [0.29, 0.717) is 6.54 Å². The molecule has 112 valence electrons. The molecule has 2 N–H and O–H groups in total. The highest BCUT2D eigenvalue weighted by Gasteiger charge is 2.31. The van der Waals surface area contributed by atoms with Gasteiger partial charge in [-0.25, -0.2) is 4.72 Å². The number of carboxylic acid groups (broad SMARTS) is 1. The zero-order chi connectivity index (χ0) is 14.6. The predicted octanol–water partition coefficient (Wildman–Crippen LogP) is 1.05. The molecular formula is C12H24N2O4S. The Morgan fingerprint density at radius 2 is 2.05 bits per heavy atom. The van der Waals surface area contributed by atoms with Gasteiger partial charge in [-0.1, -0.05) is 20.3 Å². The molecule has 1 saturated heterocycles. The lowest BCUT2D eigenvalue weighted by molar-refractivity contribution is -0.142. The van der Waals surface area contributed by atoms with Crippen LogP contribution in [0.4, 0.5) is 0 Å². The zero-order valence-corrected chi connectivity index (χ0v) is 12.6. The van der Waals surface area contributed by atoms with E-state index in [1.165, 1.54) is 4.31 Å². The Morgan fingerprint density at radius 3 is 2.53 bits per heavy atom. The lowest BCUT2D eigenvalue weighted by Crippen LogP contribution is -2.49. The fraction of sp³-hybridized carbons (Fsp3) is 0.917. The third-order valence-corrected chi connectivity index (χ3v) is 5.35. The summed E-state index contributed by atoms with van der Waals surface area (Å²) in [5.74, 6) is -1.78. The molecule has 1 aliphatic rings. The maximum absolute atomic E-state index is 12.2. The molecule has 0 bridgehead atoms. The van der Waals surface area contributed by atoms with Crippen molar-refractivity contribution in [3.8, 4) is 0 Å². The first kappa shape index (κ1) is 16.4. The van der Waals surface area contributed by atoms with E-state index in [4.69, 9.17) is 5.11 Å². The zero-order valence-electron chi connectivity index (χ0n) is 11.8. The van der Waals surface area contributed by atoms with E-state index < -0.39 is 22.1 Å². The van der Waals surface area contributed by atoms with Crippen LogP contribution in [-0.2, 0) is 15.0 Å². The second kappa shape index (κ2) is 6.67. The summed E-state index contributed by atoms with van der Waals surface area (Å²) in [7, 11) is -3.57. The maximum Gasteiger partial charge on any atom is 0.308 e. The van der Waals surface area contributed by atoms with Crippen LogP contribution in [0.25, 0.3) is 0 Å². The molecule has 7 heteroatoms. The monoisotopic (exact) mass is 292 g/mol. The van der Waals surface area contributed by atoms with Crippen LogP contribution in [0.2, 0.25) is 0 Å². The van der Waals surface area contributed by atoms with Crippen LogP contribution in [-0.4, -0.2) is 42.9 Å². The number of hydrogen-bond acceptors (Lipinski definition) is 3. The number of nitrogens with zero attached hydrogens (tertiary/aromatic N) is 1. The first-order valence-corrected chi connectivity index (χ1v) is 8.19. The average molecular weight is 292 g/mol. The van der Waals surface area contributed by atoms with Crippen molar-refractivity contribution in [2.45, 2.75) is 46.1 Å². The van der Waals surface area contributed by atoms with Gasteiger partial charge in [0.15, 0.2) is 0 Å². The summed E-state index contributed by atoms with van der Waals surface area (Å²) in [6.45, 7) is 5.89. The highest BCUT2D eigenvalue weighted by molar-refractivity contribution is 7.87. The number of rotatable bonds is 6. The van der Waals surface area contributed by atoms with Gasteiger partial charge in [-0.05, 0) is 25.7 Å². The number of carbonyl (C=O) groups is 1. The number of piperidine rings is 1. The molecule has 1 heterocycles. The molecule has 6 nitrogen and oxygen atoms in total. The number of carboxylic acids is 1. The Hall–Kier alpha value is -0.660. The lowest BCUT2D eigenvalue weighted by atomic mass is 9.97. The summed E-state index contributed by atoms with van der Waals surface area (Å²) in [5.41, 5.74) is 0. The van der Waals surface area contributed by atoms with Crippen LogP contribution in [0.5, 0.6) is 0 Å². The molecule has 0 saturated carbocycles. The molecular weight excluding hydrogens is 268 g/mol. The van der Waals surface area contributed by atoms with Crippen molar-refractivity contribution in [1.82, 2.24) is 9.03 Å². The molecule has 0 aromatic heterocycles. The fourth-order valence-electron chi connectivity index (χ4n) is 2.32. The van der Waals surface area contributed by atoms with Gasteiger partial charge in [0, 0.05) is 19.1 Å². The van der Waals surface area contributed by atoms with Crippen molar-refractivity contribution < 1.29 is 18.3 Å². The second-order valence-corrected chi connectivity index (χ2v) is 7.21. The minimum absolute atomic E-state index is 0.0198. The Balaban J connectivity index is 2.66. The van der Waals surface area contributed by atoms with Crippen LogP contribution in [0, 0.1) is 11.8 Å². The first-order valence-electron chi connectivity index (χ1n) is 6.75. The summed E-state index contributed by atoms with van der Waals surface area (Å²) >= 11 is 0. The Labute approximate surface area is 115 Å². The van der Waals surface area contributed by atoms with Gasteiger partial charge in [-0.2, -0.15) is 12.7 Å². The standard InChI is InChI=1S/C12H24N2O4S/c1-9(2)11(12(15)16)8-13-19(17,18)14-7-5-4-6-10(14)3/h9-11,13H,4-8H2,1-3H3,(H,15,16). The summed E-state index contributed by atoms with van der Waals surface area (Å²) in [4.78, 5) is 11.1. The van der Waals surface area contributed by atoms with Gasteiger partial charge in [0.05, 0.1) is 5.92 Å². The van der Waals surface area contributed by atoms with E-state index >= 15 is 0 Å². The van der Waals surface area contributed by atoms with Gasteiger partial charge < -0.3 is 5.11 Å². The highest BCUT2D eigenvalue weighted by Crippen LogP contribution is 2.19. The molecule has 0 aromatic carbocycles. The van der Waals surface area contributed by atoms with Crippen LogP contribution >= 0.6 is 0 Å². The van der Waals surface area contributed by atoms with Gasteiger partial charge in [-0.15, -0.1) is 0 Å². The molecule has 2 unspecified atom stereocenters. The molecule has 1 aliphatic heterocycles. The lowest BCUT2D eigenvalue weighted by Gasteiger charge is -2.32. The summed E-state index contributed by atoms with van der Waals surface area (Å²) in [6.07, 6.45) is 2.75. The van der Waals surface area contributed by atoms with Crippen LogP contribution < -0.4 is 4.72 Å². The molecule has 0 radical (unpaired) electrons. The van der Waals surface area contributed by atoms with Crippen LogP contribution in [0.1, 0.15) is 40.0 Å². The van der Waals surface area contributed by atoms with E-state index in [2.05, 4.69) is 4.72 Å². The minimum atomic E-state index is -3.57. The van der Waals surface area contributed by atoms with Crippen molar-refractivity contribution in [1.29, 1.82) is 0 Å². The van der Waals surface area contributed by atoms with Crippen LogP contribution in [0.15, 0.2) is 0 Å². The molecule has 1 rings (SSSR count). The molecule has 0 spiro atoms. The van der Waals surface area contributed by atoms with Gasteiger partial charge in [-0.3, -0.25) is 4.79 Å². The second-order valence-electron chi connectivity index (χ2n) is 5.50. The Kier molecular flexibility index (Phi) is 5.76. The fourth-order valence-corrected chi connectivity index (χ4v) is 3.82. The van der Waals surface area contributed by atoms with Crippen molar-refractivity contribution >= 4 is 16.2 Å². The Morgan fingerprint density at radius 1 is 1.42 bits per heavy atom. The topological polar surface area (TPSA) is 86.7 Å². The summed E-state index contributed by atoms with van der Waals surface area (Å²) < 4.78 is 28.2. The van der Waals surface area contributed by atoms with Gasteiger partial charge >= 0.3 is 5.97 Å². The molecule has 2 atom stereocenters. The van der Waals surface area contributed by atoms with Gasteiger partial charge in [0.2, 0.25) is 0 Å². The maximum atomic E-state index is 12.2. The highest BCUT2D eigenvalue weighted by atomic mass is 32.2. The van der Waals surface area contributed by atoms with Gasteiger partial charge in [0.1, 0.15) is 0 Å². The smallest absolute Gasteiger partial charge is 0.308 e. The molecule has 0 aromatic rings. The van der Waals surface area contributed by atoms with E-state index in [1.807, 2.05) is 6.92 Å². The van der Waals surface area contributed by atoms with E-state index in [-0.39, 0.29) is 18.5 Å². The van der Waals surface area contributed by atoms with Crippen molar-refractivity contribution in [3.63, 3.8) is 0 Å². The number of nitrogens with one attached hydrogen (secondary N) is 1. The minimum Gasteiger partial charge on any atom is -0.481 e. The van der Waals surface area contributed by atoms with E-state index in [9.17, 15) is 13.2 Å². The van der Waals surface area contributed by atoms with E-state index in [0.717, 1.165) is 19.3 Å². The summed E-state index contributed by atoms with van der Waals surface area (Å²) in [5, 5.41) is 9.05. The molecule has 19 heavy (non-hydrogen) atoms. The normalized spacial score (nSPS) is 23.5. The largest absolute Gasteiger partial charge is 0.481 e. The van der Waals surface area contributed by atoms with Crippen molar-refractivity contribution in [3.05, 3.63) is 0 Å². The quantitative estimate of drug-likeness (QED) is 0.766. The van der Waals surface area contributed by atoms with Crippen molar-refractivity contribution in [2.24, 2.45) is 11.8 Å². The molecule has 0 amide bonds. The molecule has 0 aliphatic carbocycles. The third kappa shape index (κ3) is 4.43. The third-order valence-electron chi connectivity index (χ3n) is 3.66.